The first-order valence-corrected chi connectivity index (χ1v) is 17.4. The number of rotatable bonds is 7. The minimum Gasteiger partial charge on any atom is -0.388 e. The molecule has 3 aliphatic rings. The lowest BCUT2D eigenvalue weighted by atomic mass is 9.90. The van der Waals surface area contributed by atoms with E-state index in [2.05, 4.69) is 24.9 Å². The average molecular weight is 670 g/mol. The van der Waals surface area contributed by atoms with E-state index in [1.165, 1.54) is 12.1 Å². The lowest BCUT2D eigenvalue weighted by Crippen LogP contribution is -2.46. The highest BCUT2D eigenvalue weighted by Gasteiger charge is 2.31. The molecule has 2 fully saturated rings. The Hall–Kier alpha value is -3.42. The molecule has 46 heavy (non-hydrogen) atoms. The zero-order chi connectivity index (χ0) is 32.0. The van der Waals surface area contributed by atoms with Crippen molar-refractivity contribution in [2.45, 2.75) is 61.6 Å². The molecule has 0 spiro atoms. The molecule has 3 N–H and O–H groups in total. The maximum absolute atomic E-state index is 15.9. The molecule has 0 amide bonds. The molecule has 7 rings (SSSR count). The van der Waals surface area contributed by atoms with E-state index in [0.717, 1.165) is 64.1 Å². The van der Waals surface area contributed by atoms with Crippen molar-refractivity contribution in [2.24, 2.45) is 0 Å². The molecule has 1 aliphatic heterocycles. The zero-order valence-electron chi connectivity index (χ0n) is 25.0. The van der Waals surface area contributed by atoms with Gasteiger partial charge in [-0.1, -0.05) is 17.7 Å². The number of halogens is 3. The molecule has 0 radical (unpaired) electrons. The first kappa shape index (κ1) is 31.2. The number of sulfonamides is 1. The first-order valence-electron chi connectivity index (χ1n) is 15.5. The predicted molar refractivity (Wildman–Crippen MR) is 172 cm³/mol. The number of nitrogens with zero attached hydrogens (tertiary/aromatic N) is 3. The molecule has 9 nitrogen and oxygen atoms in total. The second kappa shape index (κ2) is 12.6. The van der Waals surface area contributed by atoms with Gasteiger partial charge in [0.25, 0.3) is 10.0 Å². The van der Waals surface area contributed by atoms with Gasteiger partial charge in [0.05, 0.1) is 41.0 Å². The van der Waals surface area contributed by atoms with Crippen LogP contribution in [0.1, 0.15) is 49.3 Å². The summed E-state index contributed by atoms with van der Waals surface area (Å²) < 4.78 is 65.5. The lowest BCUT2D eigenvalue weighted by molar-refractivity contribution is 0.00790. The monoisotopic (exact) mass is 669 g/mol. The van der Waals surface area contributed by atoms with Crippen molar-refractivity contribution in [3.05, 3.63) is 76.4 Å². The van der Waals surface area contributed by atoms with Crippen LogP contribution in [0.15, 0.2) is 53.6 Å². The number of ether oxygens (including phenoxy) is 1. The Bertz CT molecular complexity index is 1900. The zero-order valence-corrected chi connectivity index (χ0v) is 26.6. The third kappa shape index (κ3) is 6.16. The summed E-state index contributed by atoms with van der Waals surface area (Å²) in [5, 5.41) is 14.4. The smallest absolute Gasteiger partial charge is 0.262 e. The van der Waals surface area contributed by atoms with E-state index >= 15 is 8.78 Å². The normalized spacial score (nSPS) is 22.1. The highest BCUT2D eigenvalue weighted by molar-refractivity contribution is 7.92. The van der Waals surface area contributed by atoms with Crippen molar-refractivity contribution in [1.82, 2.24) is 14.9 Å². The highest BCUT2D eigenvalue weighted by Crippen LogP contribution is 2.39. The van der Waals surface area contributed by atoms with Gasteiger partial charge in [-0.3, -0.25) is 9.62 Å². The fourth-order valence-electron chi connectivity index (χ4n) is 6.94. The second-order valence-corrected chi connectivity index (χ2v) is 14.3. The van der Waals surface area contributed by atoms with Gasteiger partial charge in [0.1, 0.15) is 5.82 Å². The number of aliphatic hydroxyl groups is 1. The summed E-state index contributed by atoms with van der Waals surface area (Å²) in [6, 6.07) is 10.5. The topological polar surface area (TPSA) is 117 Å². The number of fused-ring (bicyclic) bond motifs is 2. The standard InChI is InChI=1S/C33H34ClF2N5O4S/c34-21-16-25-24(6-10-29(25)42)30(17-21)46(43,44)40-28-9-7-26(35)31(32(28)36)19-1-8-27-20(15-19)18-37-33(39-27)38-22-2-4-23(5-3-22)41-11-13-45-14-12-41/h1,7-9,15-18,22-23,29,40,42H,2-6,10-14H2,(H,37,38,39). The Kier molecular flexibility index (Phi) is 8.58. The van der Waals surface area contributed by atoms with Crippen molar-refractivity contribution < 1.29 is 27.0 Å². The summed E-state index contributed by atoms with van der Waals surface area (Å²) in [5.74, 6) is -1.41. The van der Waals surface area contributed by atoms with Crippen LogP contribution in [0.2, 0.25) is 5.02 Å². The maximum Gasteiger partial charge on any atom is 0.262 e. The Morgan fingerprint density at radius 1 is 1.00 bits per heavy atom. The summed E-state index contributed by atoms with van der Waals surface area (Å²) in [6.07, 6.45) is 5.70. The summed E-state index contributed by atoms with van der Waals surface area (Å²) >= 11 is 6.15. The molecule has 4 aromatic rings. The number of benzene rings is 3. The fraction of sp³-hybridized carbons (Fsp3) is 0.394. The van der Waals surface area contributed by atoms with Gasteiger partial charge in [-0.05, 0) is 91.6 Å². The van der Waals surface area contributed by atoms with Crippen LogP contribution in [-0.4, -0.2) is 66.8 Å². The van der Waals surface area contributed by atoms with Gasteiger partial charge in [-0.25, -0.2) is 27.2 Å². The van der Waals surface area contributed by atoms with Gasteiger partial charge in [0.15, 0.2) is 5.82 Å². The minimum absolute atomic E-state index is 0.133. The van der Waals surface area contributed by atoms with Crippen LogP contribution in [0.25, 0.3) is 22.0 Å². The van der Waals surface area contributed by atoms with Crippen LogP contribution in [0.5, 0.6) is 0 Å². The molecular formula is C33H34ClF2N5O4S. The van der Waals surface area contributed by atoms with E-state index in [1.807, 2.05) is 0 Å². The number of morpholine rings is 1. The van der Waals surface area contributed by atoms with Gasteiger partial charge in [-0.2, -0.15) is 0 Å². The van der Waals surface area contributed by atoms with Crippen LogP contribution in [0, 0.1) is 11.6 Å². The molecule has 1 saturated carbocycles. The van der Waals surface area contributed by atoms with E-state index < -0.39 is 33.4 Å². The number of nitrogens with one attached hydrogen (secondary N) is 2. The molecule has 1 atom stereocenters. The Morgan fingerprint density at radius 2 is 1.78 bits per heavy atom. The number of aliphatic hydroxyl groups excluding tert-OH is 1. The molecule has 2 heterocycles. The van der Waals surface area contributed by atoms with Crippen LogP contribution >= 0.6 is 11.6 Å². The van der Waals surface area contributed by atoms with E-state index in [0.29, 0.717) is 46.9 Å². The molecule has 3 aromatic carbocycles. The van der Waals surface area contributed by atoms with Crippen molar-refractivity contribution in [2.75, 3.05) is 36.3 Å². The molecule has 2 aliphatic carbocycles. The van der Waals surface area contributed by atoms with Crippen LogP contribution < -0.4 is 10.0 Å². The Morgan fingerprint density at radius 3 is 2.57 bits per heavy atom. The fourth-order valence-corrected chi connectivity index (χ4v) is 8.61. The largest absolute Gasteiger partial charge is 0.388 e. The SMILES string of the molecule is O=S(=O)(Nc1ccc(F)c(-c2ccc3nc(NC4CCC(N5CCOCC5)CC4)ncc3c2)c1F)c1cc(Cl)cc2c1CCC2O. The second-order valence-electron chi connectivity index (χ2n) is 12.2. The molecule has 1 unspecified atom stereocenters. The van der Waals surface area contributed by atoms with E-state index in [9.17, 15) is 13.5 Å². The van der Waals surface area contributed by atoms with Gasteiger partial charge in [0.2, 0.25) is 5.95 Å². The van der Waals surface area contributed by atoms with Crippen molar-refractivity contribution in [3.63, 3.8) is 0 Å². The van der Waals surface area contributed by atoms with Crippen LogP contribution in [-0.2, 0) is 21.2 Å². The number of hydrogen-bond acceptors (Lipinski definition) is 8. The lowest BCUT2D eigenvalue weighted by Gasteiger charge is -2.38. The van der Waals surface area contributed by atoms with E-state index in [4.69, 9.17) is 16.3 Å². The molecule has 13 heteroatoms. The maximum atomic E-state index is 15.9. The summed E-state index contributed by atoms with van der Waals surface area (Å²) in [5.41, 5.74) is 0.882. The highest BCUT2D eigenvalue weighted by atomic mass is 35.5. The number of hydrogen-bond donors (Lipinski definition) is 3. The van der Waals surface area contributed by atoms with Crippen molar-refractivity contribution >= 4 is 44.2 Å². The average Bonchev–Trinajstić information content (AvgIpc) is 3.42. The van der Waals surface area contributed by atoms with Gasteiger partial charge < -0.3 is 15.2 Å². The summed E-state index contributed by atoms with van der Waals surface area (Å²) in [7, 11) is -4.32. The molecule has 0 bridgehead atoms. The molecule has 242 valence electrons. The van der Waals surface area contributed by atoms with Crippen LogP contribution in [0.4, 0.5) is 20.4 Å². The molecule has 1 saturated heterocycles. The van der Waals surface area contributed by atoms with E-state index in [1.54, 1.807) is 24.4 Å². The van der Waals surface area contributed by atoms with Crippen LogP contribution in [0.3, 0.4) is 0 Å². The Balaban J connectivity index is 1.09. The molecular weight excluding hydrogens is 636 g/mol. The third-order valence-corrected chi connectivity index (χ3v) is 11.0. The minimum atomic E-state index is -4.32. The number of anilines is 2. The Labute approximate surface area is 271 Å². The van der Waals surface area contributed by atoms with Crippen molar-refractivity contribution in [3.8, 4) is 11.1 Å². The van der Waals surface area contributed by atoms with Gasteiger partial charge in [-0.15, -0.1) is 0 Å². The summed E-state index contributed by atoms with van der Waals surface area (Å²) in [4.78, 5) is 11.5. The van der Waals surface area contributed by atoms with E-state index in [-0.39, 0.29) is 27.1 Å². The van der Waals surface area contributed by atoms with Crippen molar-refractivity contribution in [1.29, 1.82) is 0 Å². The first-order chi connectivity index (χ1) is 22.2. The third-order valence-electron chi connectivity index (χ3n) is 9.32. The van der Waals surface area contributed by atoms with Gasteiger partial charge >= 0.3 is 0 Å². The quantitative estimate of drug-likeness (QED) is 0.217. The predicted octanol–water partition coefficient (Wildman–Crippen LogP) is 6.06. The molecule has 1 aromatic heterocycles. The number of aromatic nitrogens is 2. The van der Waals surface area contributed by atoms with Gasteiger partial charge in [0, 0.05) is 41.8 Å². The summed E-state index contributed by atoms with van der Waals surface area (Å²) in [6.45, 7) is 3.57.